The van der Waals surface area contributed by atoms with Crippen molar-refractivity contribution in [3.05, 3.63) is 95.0 Å². The molecule has 1 amide bonds. The van der Waals surface area contributed by atoms with Crippen molar-refractivity contribution in [3.63, 3.8) is 0 Å². The summed E-state index contributed by atoms with van der Waals surface area (Å²) in [6, 6.07) is 14.4. The fourth-order valence-corrected chi connectivity index (χ4v) is 2.66. The minimum atomic E-state index is -0.489. The predicted octanol–water partition coefficient (Wildman–Crippen LogP) is 3.28. The van der Waals surface area contributed by atoms with Gasteiger partial charge in [-0.05, 0) is 47.0 Å². The van der Waals surface area contributed by atoms with Crippen LogP contribution in [0.25, 0.3) is 0 Å². The Kier molecular flexibility index (Phi) is 6.30. The monoisotopic (exact) mass is 366 g/mol. The Morgan fingerprint density at radius 2 is 1.69 bits per heavy atom. The van der Waals surface area contributed by atoms with E-state index in [0.717, 1.165) is 16.7 Å². The molecule has 0 radical (unpaired) electrons. The molecule has 5 nitrogen and oxygen atoms in total. The lowest BCUT2D eigenvalue weighted by molar-refractivity contribution is -0.123. The molecule has 1 unspecified atom stereocenters. The van der Waals surface area contributed by atoms with Gasteiger partial charge >= 0.3 is 0 Å². The first-order chi connectivity index (χ1) is 12.7. The topological polar surface area (TPSA) is 66.9 Å². The minimum absolute atomic E-state index is 0.106. The third kappa shape index (κ3) is 5.12. The van der Waals surface area contributed by atoms with Gasteiger partial charge in [-0.25, -0.2) is 0 Å². The van der Waals surface area contributed by atoms with E-state index in [0.29, 0.717) is 18.1 Å². The molecule has 0 aliphatic rings. The second-order valence-corrected chi connectivity index (χ2v) is 6.24. The fraction of sp³-hybridized carbons (Fsp3) is 0.150. The fourth-order valence-electron chi connectivity index (χ4n) is 2.53. The molecule has 132 valence electrons. The lowest BCUT2D eigenvalue weighted by atomic mass is 10.1. The molecule has 2 heterocycles. The number of hydrogen-bond donors (Lipinski definition) is 2. The molecule has 3 aromatic rings. The summed E-state index contributed by atoms with van der Waals surface area (Å²) in [7, 11) is 0. The summed E-state index contributed by atoms with van der Waals surface area (Å²) < 4.78 is 0. The van der Waals surface area contributed by atoms with Crippen LogP contribution in [-0.4, -0.2) is 15.9 Å². The molecule has 2 aromatic heterocycles. The zero-order valence-electron chi connectivity index (χ0n) is 14.1. The molecule has 0 bridgehead atoms. The van der Waals surface area contributed by atoms with Crippen molar-refractivity contribution >= 4 is 17.5 Å². The molecule has 0 aliphatic heterocycles. The summed E-state index contributed by atoms with van der Waals surface area (Å²) in [4.78, 5) is 20.9. The molecule has 0 spiro atoms. The highest BCUT2D eigenvalue weighted by Crippen LogP contribution is 2.18. The maximum atomic E-state index is 12.8. The summed E-state index contributed by atoms with van der Waals surface area (Å²) in [6.07, 6.45) is 6.91. The van der Waals surface area contributed by atoms with E-state index >= 15 is 0 Å². The van der Waals surface area contributed by atoms with E-state index in [9.17, 15) is 4.79 Å². The molecule has 0 aliphatic carbocycles. The van der Waals surface area contributed by atoms with E-state index in [1.807, 2.05) is 36.4 Å². The number of pyridine rings is 2. The highest BCUT2D eigenvalue weighted by molar-refractivity contribution is 6.30. The standard InChI is InChI=1S/C20H19ClN4O/c21-18-5-3-17(4-6-18)19(24-13-15-7-10-22-11-8-15)20(26)25-14-16-2-1-9-23-12-16/h1-12,19,24H,13-14H2,(H,25,26). The number of rotatable bonds is 7. The second kappa shape index (κ2) is 9.08. The van der Waals surface area contributed by atoms with Crippen LogP contribution >= 0.6 is 11.6 Å². The van der Waals surface area contributed by atoms with E-state index in [4.69, 9.17) is 11.6 Å². The average molecular weight is 367 g/mol. The Bertz CT molecular complexity index is 825. The molecule has 0 saturated carbocycles. The Labute approximate surface area is 157 Å². The van der Waals surface area contributed by atoms with Crippen molar-refractivity contribution < 1.29 is 4.79 Å². The molecule has 6 heteroatoms. The third-order valence-electron chi connectivity index (χ3n) is 3.91. The van der Waals surface area contributed by atoms with Crippen molar-refractivity contribution in [2.45, 2.75) is 19.1 Å². The van der Waals surface area contributed by atoms with Crippen LogP contribution in [0.2, 0.25) is 5.02 Å². The number of nitrogens with one attached hydrogen (secondary N) is 2. The average Bonchev–Trinajstić information content (AvgIpc) is 2.69. The Balaban J connectivity index is 1.71. The van der Waals surface area contributed by atoms with Gasteiger partial charge in [-0.15, -0.1) is 0 Å². The van der Waals surface area contributed by atoms with Gasteiger partial charge in [0.25, 0.3) is 0 Å². The number of hydrogen-bond acceptors (Lipinski definition) is 4. The minimum Gasteiger partial charge on any atom is -0.350 e. The molecule has 0 fully saturated rings. The molecular formula is C20H19ClN4O. The Hall–Kier alpha value is -2.76. The van der Waals surface area contributed by atoms with E-state index in [2.05, 4.69) is 20.6 Å². The summed E-state index contributed by atoms with van der Waals surface area (Å²) in [5, 5.41) is 6.91. The lowest BCUT2D eigenvalue weighted by Crippen LogP contribution is -2.37. The maximum Gasteiger partial charge on any atom is 0.242 e. The summed E-state index contributed by atoms with van der Waals surface area (Å²) in [5.74, 6) is -0.106. The lowest BCUT2D eigenvalue weighted by Gasteiger charge is -2.19. The first-order valence-electron chi connectivity index (χ1n) is 8.27. The molecule has 0 saturated heterocycles. The number of carbonyl (C=O) groups is 1. The van der Waals surface area contributed by atoms with E-state index in [1.165, 1.54) is 0 Å². The van der Waals surface area contributed by atoms with Gasteiger partial charge in [-0.2, -0.15) is 0 Å². The molecule has 2 N–H and O–H groups in total. The molecule has 26 heavy (non-hydrogen) atoms. The summed E-state index contributed by atoms with van der Waals surface area (Å²) in [5.41, 5.74) is 2.86. The van der Waals surface area contributed by atoms with Crippen molar-refractivity contribution in [2.24, 2.45) is 0 Å². The Morgan fingerprint density at radius 1 is 0.923 bits per heavy atom. The number of amides is 1. The molecular weight excluding hydrogens is 348 g/mol. The van der Waals surface area contributed by atoms with E-state index in [1.54, 1.807) is 36.9 Å². The van der Waals surface area contributed by atoms with Crippen molar-refractivity contribution in [1.29, 1.82) is 0 Å². The first kappa shape index (κ1) is 18.0. The highest BCUT2D eigenvalue weighted by atomic mass is 35.5. The quantitative estimate of drug-likeness (QED) is 0.673. The smallest absolute Gasteiger partial charge is 0.242 e. The van der Waals surface area contributed by atoms with Gasteiger partial charge in [0, 0.05) is 42.9 Å². The number of aromatic nitrogens is 2. The van der Waals surface area contributed by atoms with Crippen LogP contribution in [0.4, 0.5) is 0 Å². The van der Waals surface area contributed by atoms with Crippen LogP contribution in [0.5, 0.6) is 0 Å². The van der Waals surface area contributed by atoms with Gasteiger partial charge in [0.2, 0.25) is 5.91 Å². The van der Waals surface area contributed by atoms with Crippen molar-refractivity contribution in [1.82, 2.24) is 20.6 Å². The largest absolute Gasteiger partial charge is 0.350 e. The number of benzene rings is 1. The number of carbonyl (C=O) groups excluding carboxylic acids is 1. The van der Waals surface area contributed by atoms with Crippen molar-refractivity contribution in [2.75, 3.05) is 0 Å². The summed E-state index contributed by atoms with van der Waals surface area (Å²) in [6.45, 7) is 0.976. The molecule has 3 rings (SSSR count). The van der Waals surface area contributed by atoms with Crippen LogP contribution in [0.3, 0.4) is 0 Å². The first-order valence-corrected chi connectivity index (χ1v) is 8.64. The Morgan fingerprint density at radius 3 is 2.38 bits per heavy atom. The zero-order valence-corrected chi connectivity index (χ0v) is 14.9. The molecule has 1 aromatic carbocycles. The predicted molar refractivity (Wildman–Crippen MR) is 101 cm³/mol. The number of nitrogens with zero attached hydrogens (tertiary/aromatic N) is 2. The third-order valence-corrected chi connectivity index (χ3v) is 4.17. The van der Waals surface area contributed by atoms with Gasteiger partial charge < -0.3 is 5.32 Å². The zero-order chi connectivity index (χ0) is 18.2. The van der Waals surface area contributed by atoms with Crippen LogP contribution in [0.15, 0.2) is 73.3 Å². The second-order valence-electron chi connectivity index (χ2n) is 5.80. The van der Waals surface area contributed by atoms with Gasteiger partial charge in [0.1, 0.15) is 6.04 Å². The normalized spacial score (nSPS) is 11.7. The van der Waals surface area contributed by atoms with Gasteiger partial charge in [0.05, 0.1) is 0 Å². The molecule has 1 atom stereocenters. The van der Waals surface area contributed by atoms with E-state index in [-0.39, 0.29) is 5.91 Å². The van der Waals surface area contributed by atoms with Gasteiger partial charge in [-0.1, -0.05) is 29.8 Å². The van der Waals surface area contributed by atoms with Crippen LogP contribution < -0.4 is 10.6 Å². The maximum absolute atomic E-state index is 12.8. The highest BCUT2D eigenvalue weighted by Gasteiger charge is 2.20. The van der Waals surface area contributed by atoms with Crippen LogP contribution in [0.1, 0.15) is 22.7 Å². The van der Waals surface area contributed by atoms with Crippen LogP contribution in [0, 0.1) is 0 Å². The van der Waals surface area contributed by atoms with Gasteiger partial charge in [-0.3, -0.25) is 20.1 Å². The summed E-state index contributed by atoms with van der Waals surface area (Å²) >= 11 is 5.98. The van der Waals surface area contributed by atoms with Crippen molar-refractivity contribution in [3.8, 4) is 0 Å². The van der Waals surface area contributed by atoms with E-state index < -0.39 is 6.04 Å². The SMILES string of the molecule is O=C(NCc1cccnc1)C(NCc1ccncc1)c1ccc(Cl)cc1. The number of halogens is 1. The van der Waals surface area contributed by atoms with Gasteiger partial charge in [0.15, 0.2) is 0 Å². The van der Waals surface area contributed by atoms with Crippen LogP contribution in [-0.2, 0) is 17.9 Å².